The first-order valence-corrected chi connectivity index (χ1v) is 8.49. The first kappa shape index (κ1) is 13.8. The second-order valence-electron chi connectivity index (χ2n) is 4.62. The van der Waals surface area contributed by atoms with Crippen LogP contribution in [0.15, 0.2) is 47.5 Å². The number of rotatable bonds is 3. The normalized spacial score (nSPS) is 11.7. The summed E-state index contributed by atoms with van der Waals surface area (Å²) in [6.45, 7) is 1.87. The third-order valence-corrected chi connectivity index (χ3v) is 5.35. The highest BCUT2D eigenvalue weighted by molar-refractivity contribution is 7.93. The Balaban J connectivity index is 2.10. The van der Waals surface area contributed by atoms with E-state index in [4.69, 9.17) is 5.73 Å². The lowest BCUT2D eigenvalue weighted by Crippen LogP contribution is -2.13. The molecule has 2 aromatic carbocycles. The molecule has 0 atom stereocenters. The van der Waals surface area contributed by atoms with Gasteiger partial charge in [-0.05, 0) is 30.5 Å². The number of nitrogens with zero attached hydrogens (tertiary/aromatic N) is 1. The van der Waals surface area contributed by atoms with Crippen LogP contribution in [0.5, 0.6) is 0 Å². The van der Waals surface area contributed by atoms with Crippen molar-refractivity contribution in [2.75, 3.05) is 10.5 Å². The summed E-state index contributed by atoms with van der Waals surface area (Å²) in [6.07, 6.45) is 1.63. The molecule has 7 heteroatoms. The second-order valence-corrected chi connectivity index (χ2v) is 7.50. The number of nitrogens with two attached hydrogens (primary N) is 1. The lowest BCUT2D eigenvalue weighted by molar-refractivity contribution is 0.602. The van der Waals surface area contributed by atoms with Crippen molar-refractivity contribution >= 4 is 43.0 Å². The number of thiazole rings is 1. The standard InChI is InChI=1S/C14H13N3O2S2/c1-9-8-16-14(20-9)17-21(18,19)13-4-2-3-10-7-11(15)5-6-12(10)13/h2-8H,15H2,1H3,(H,16,17). The molecule has 21 heavy (non-hydrogen) atoms. The lowest BCUT2D eigenvalue weighted by Gasteiger charge is -2.09. The van der Waals surface area contributed by atoms with E-state index < -0.39 is 10.0 Å². The van der Waals surface area contributed by atoms with Crippen LogP contribution < -0.4 is 10.5 Å². The van der Waals surface area contributed by atoms with Gasteiger partial charge < -0.3 is 5.73 Å². The Hall–Kier alpha value is -2.12. The highest BCUT2D eigenvalue weighted by atomic mass is 32.2. The van der Waals surface area contributed by atoms with Crippen molar-refractivity contribution in [2.24, 2.45) is 0 Å². The number of sulfonamides is 1. The van der Waals surface area contributed by atoms with Gasteiger partial charge in [0.2, 0.25) is 0 Å². The average Bonchev–Trinajstić information content (AvgIpc) is 2.82. The van der Waals surface area contributed by atoms with Crippen LogP contribution in [0.2, 0.25) is 0 Å². The summed E-state index contributed by atoms with van der Waals surface area (Å²) in [4.78, 5) is 5.19. The summed E-state index contributed by atoms with van der Waals surface area (Å²) in [5.74, 6) is 0. The van der Waals surface area contributed by atoms with Gasteiger partial charge in [0.05, 0.1) is 4.90 Å². The molecule has 0 aliphatic carbocycles. The van der Waals surface area contributed by atoms with Crippen molar-refractivity contribution in [2.45, 2.75) is 11.8 Å². The first-order chi connectivity index (χ1) is 9.95. The van der Waals surface area contributed by atoms with Gasteiger partial charge in [0.15, 0.2) is 5.13 Å². The molecule has 0 saturated carbocycles. The minimum Gasteiger partial charge on any atom is -0.399 e. The Morgan fingerprint density at radius 3 is 2.76 bits per heavy atom. The molecule has 0 saturated heterocycles. The fourth-order valence-electron chi connectivity index (χ4n) is 2.08. The number of hydrogen-bond donors (Lipinski definition) is 2. The van der Waals surface area contributed by atoms with Gasteiger partial charge in [-0.3, -0.25) is 4.72 Å². The zero-order valence-electron chi connectivity index (χ0n) is 11.2. The molecule has 0 bridgehead atoms. The molecule has 0 amide bonds. The summed E-state index contributed by atoms with van der Waals surface area (Å²) in [7, 11) is -3.68. The van der Waals surface area contributed by atoms with Gasteiger partial charge >= 0.3 is 0 Å². The number of benzene rings is 2. The fourth-order valence-corrected chi connectivity index (χ4v) is 4.22. The largest absolute Gasteiger partial charge is 0.399 e. The number of anilines is 2. The molecule has 0 radical (unpaired) electrons. The minimum atomic E-state index is -3.68. The predicted molar refractivity (Wildman–Crippen MR) is 86.0 cm³/mol. The molecule has 0 spiro atoms. The van der Waals surface area contributed by atoms with E-state index in [2.05, 4.69) is 9.71 Å². The Labute approximate surface area is 126 Å². The molecule has 0 unspecified atom stereocenters. The maximum absolute atomic E-state index is 12.5. The SMILES string of the molecule is Cc1cnc(NS(=O)(=O)c2cccc3cc(N)ccc23)s1. The Kier molecular flexibility index (Phi) is 3.30. The molecule has 1 aromatic heterocycles. The number of aromatic nitrogens is 1. The van der Waals surface area contributed by atoms with Gasteiger partial charge in [-0.15, -0.1) is 11.3 Å². The summed E-state index contributed by atoms with van der Waals surface area (Å²) in [6, 6.07) is 10.3. The van der Waals surface area contributed by atoms with Gasteiger partial charge in [-0.2, -0.15) is 0 Å². The molecule has 0 fully saturated rings. The zero-order chi connectivity index (χ0) is 15.0. The van der Waals surface area contributed by atoms with E-state index in [0.29, 0.717) is 16.2 Å². The van der Waals surface area contributed by atoms with Crippen molar-refractivity contribution < 1.29 is 8.42 Å². The number of nitrogen functional groups attached to an aromatic ring is 1. The van der Waals surface area contributed by atoms with Gasteiger partial charge in [0.1, 0.15) is 0 Å². The summed E-state index contributed by atoms with van der Waals surface area (Å²) in [5.41, 5.74) is 6.33. The smallest absolute Gasteiger partial charge is 0.264 e. The summed E-state index contributed by atoms with van der Waals surface area (Å²) >= 11 is 1.30. The molecule has 3 rings (SSSR count). The van der Waals surface area contributed by atoms with Crippen molar-refractivity contribution in [3.05, 3.63) is 47.5 Å². The summed E-state index contributed by atoms with van der Waals surface area (Å²) < 4.78 is 27.6. The van der Waals surface area contributed by atoms with Crippen LogP contribution in [-0.2, 0) is 10.0 Å². The molecular formula is C14H13N3O2S2. The molecule has 3 N–H and O–H groups in total. The topological polar surface area (TPSA) is 85.1 Å². The van der Waals surface area contributed by atoms with Gasteiger partial charge in [0.25, 0.3) is 10.0 Å². The van der Waals surface area contributed by atoms with Crippen molar-refractivity contribution in [3.8, 4) is 0 Å². The minimum absolute atomic E-state index is 0.216. The molecular weight excluding hydrogens is 306 g/mol. The van der Waals surface area contributed by atoms with E-state index in [-0.39, 0.29) is 4.90 Å². The zero-order valence-corrected chi connectivity index (χ0v) is 12.8. The fraction of sp³-hybridized carbons (Fsp3) is 0.0714. The van der Waals surface area contributed by atoms with Crippen LogP contribution in [0.25, 0.3) is 10.8 Å². The molecule has 3 aromatic rings. The van der Waals surface area contributed by atoms with Crippen molar-refractivity contribution in [3.63, 3.8) is 0 Å². The Morgan fingerprint density at radius 2 is 2.05 bits per heavy atom. The van der Waals surface area contributed by atoms with Crippen LogP contribution in [0, 0.1) is 6.92 Å². The number of nitrogens with one attached hydrogen (secondary N) is 1. The van der Waals surface area contributed by atoms with E-state index in [1.807, 2.05) is 13.0 Å². The Bertz CT molecular complexity index is 917. The maximum atomic E-state index is 12.5. The monoisotopic (exact) mass is 319 g/mol. The van der Waals surface area contributed by atoms with Crippen LogP contribution in [0.4, 0.5) is 10.8 Å². The quantitative estimate of drug-likeness (QED) is 0.727. The van der Waals surface area contributed by atoms with Crippen molar-refractivity contribution in [1.29, 1.82) is 0 Å². The molecule has 108 valence electrons. The predicted octanol–water partition coefficient (Wildman–Crippen LogP) is 2.99. The summed E-state index contributed by atoms with van der Waals surface area (Å²) in [5, 5.41) is 1.78. The molecule has 1 heterocycles. The second kappa shape index (κ2) is 5.01. The molecule has 0 aliphatic heterocycles. The maximum Gasteiger partial charge on any atom is 0.264 e. The number of fused-ring (bicyclic) bond motifs is 1. The van der Waals surface area contributed by atoms with Crippen molar-refractivity contribution in [1.82, 2.24) is 4.98 Å². The van der Waals surface area contributed by atoms with Crippen LogP contribution in [-0.4, -0.2) is 13.4 Å². The molecule has 0 aliphatic rings. The van der Waals surface area contributed by atoms with Crippen LogP contribution >= 0.6 is 11.3 Å². The van der Waals surface area contributed by atoms with Crippen LogP contribution in [0.3, 0.4) is 0 Å². The van der Waals surface area contributed by atoms with E-state index in [0.717, 1.165) is 10.3 Å². The van der Waals surface area contributed by atoms with E-state index in [9.17, 15) is 8.42 Å². The van der Waals surface area contributed by atoms with Gasteiger partial charge in [0, 0.05) is 22.1 Å². The highest BCUT2D eigenvalue weighted by Gasteiger charge is 2.18. The van der Waals surface area contributed by atoms with Crippen LogP contribution in [0.1, 0.15) is 4.88 Å². The number of hydrogen-bond acceptors (Lipinski definition) is 5. The van der Waals surface area contributed by atoms with E-state index in [1.165, 1.54) is 11.3 Å². The Morgan fingerprint density at radius 1 is 1.24 bits per heavy atom. The lowest BCUT2D eigenvalue weighted by atomic mass is 10.1. The first-order valence-electron chi connectivity index (χ1n) is 6.19. The third-order valence-electron chi connectivity index (χ3n) is 3.00. The highest BCUT2D eigenvalue weighted by Crippen LogP contribution is 2.27. The average molecular weight is 319 g/mol. The third kappa shape index (κ3) is 2.70. The van der Waals surface area contributed by atoms with Gasteiger partial charge in [-0.1, -0.05) is 18.2 Å². The van der Waals surface area contributed by atoms with E-state index >= 15 is 0 Å². The molecule has 5 nitrogen and oxygen atoms in total. The number of aryl methyl sites for hydroxylation is 1. The van der Waals surface area contributed by atoms with E-state index in [1.54, 1.807) is 36.5 Å². The van der Waals surface area contributed by atoms with Gasteiger partial charge in [-0.25, -0.2) is 13.4 Å².